The molecule has 3 aromatic heterocycles. The summed E-state index contributed by atoms with van der Waals surface area (Å²) in [4.78, 5) is 14.3. The fourth-order valence-corrected chi connectivity index (χ4v) is 5.42. The van der Waals surface area contributed by atoms with Gasteiger partial charge >= 0.3 is 0 Å². The van der Waals surface area contributed by atoms with Crippen molar-refractivity contribution in [3.8, 4) is 10.7 Å². The molecule has 4 aromatic rings. The van der Waals surface area contributed by atoms with Gasteiger partial charge in [0.15, 0.2) is 11.0 Å². The number of hydrogen-bond acceptors (Lipinski definition) is 10. The van der Waals surface area contributed by atoms with Crippen LogP contribution in [0.15, 0.2) is 46.9 Å². The van der Waals surface area contributed by atoms with Crippen LogP contribution in [0.25, 0.3) is 10.7 Å². The standard InChI is InChI=1S/C23H26N8OS2/c1-2-15-7-3-4-9-17(15)25-22-27-19(26-21(24)28-22)14-34-23-30-29-20(18-10-6-12-33-18)31(23)13-16-8-5-11-32-16/h3-4,6-7,9-10,12,16H,2,5,8,11,13-14H2,1H3,(H3,24,25,26,27,28). The Kier molecular flexibility index (Phi) is 7.02. The number of ether oxygens (including phenoxy) is 1. The van der Waals surface area contributed by atoms with Crippen LogP contribution in [0.4, 0.5) is 17.6 Å². The number of aryl methyl sites for hydroxylation is 1. The molecule has 0 amide bonds. The Morgan fingerprint density at radius 2 is 2.09 bits per heavy atom. The second-order valence-electron chi connectivity index (χ2n) is 7.89. The third-order valence-corrected chi connectivity index (χ3v) is 7.37. The topological polar surface area (TPSA) is 117 Å². The molecule has 9 nitrogen and oxygen atoms in total. The summed E-state index contributed by atoms with van der Waals surface area (Å²) in [7, 11) is 0. The Hall–Kier alpha value is -3.02. The maximum absolute atomic E-state index is 6.00. The summed E-state index contributed by atoms with van der Waals surface area (Å²) in [5.74, 6) is 2.55. The van der Waals surface area contributed by atoms with Crippen molar-refractivity contribution in [2.45, 2.75) is 49.7 Å². The van der Waals surface area contributed by atoms with Crippen molar-refractivity contribution in [2.24, 2.45) is 0 Å². The predicted molar refractivity (Wildman–Crippen MR) is 135 cm³/mol. The summed E-state index contributed by atoms with van der Waals surface area (Å²) in [6.07, 6.45) is 3.21. The summed E-state index contributed by atoms with van der Waals surface area (Å²) < 4.78 is 8.03. The Balaban J connectivity index is 1.35. The number of nitrogen functional groups attached to an aromatic ring is 1. The molecule has 1 fully saturated rings. The van der Waals surface area contributed by atoms with Crippen LogP contribution >= 0.6 is 23.1 Å². The van der Waals surface area contributed by atoms with Gasteiger partial charge in [0.1, 0.15) is 5.82 Å². The molecular weight excluding hydrogens is 468 g/mol. The van der Waals surface area contributed by atoms with Crippen LogP contribution in [0.5, 0.6) is 0 Å². The van der Waals surface area contributed by atoms with Gasteiger partial charge < -0.3 is 15.8 Å². The smallest absolute Gasteiger partial charge is 0.232 e. The van der Waals surface area contributed by atoms with Crippen molar-refractivity contribution < 1.29 is 4.74 Å². The summed E-state index contributed by atoms with van der Waals surface area (Å²) >= 11 is 3.19. The van der Waals surface area contributed by atoms with E-state index in [4.69, 9.17) is 10.5 Å². The van der Waals surface area contributed by atoms with Crippen molar-refractivity contribution in [2.75, 3.05) is 17.7 Å². The Morgan fingerprint density at radius 3 is 2.88 bits per heavy atom. The van der Waals surface area contributed by atoms with Gasteiger partial charge in [0.05, 0.1) is 23.3 Å². The van der Waals surface area contributed by atoms with Crippen molar-refractivity contribution in [3.63, 3.8) is 0 Å². The molecule has 0 saturated carbocycles. The van der Waals surface area contributed by atoms with Crippen LogP contribution in [-0.2, 0) is 23.5 Å². The van der Waals surface area contributed by atoms with Crippen LogP contribution in [0.1, 0.15) is 31.2 Å². The fraction of sp³-hybridized carbons (Fsp3) is 0.348. The number of benzene rings is 1. The minimum Gasteiger partial charge on any atom is -0.376 e. The molecule has 0 spiro atoms. The molecule has 5 rings (SSSR count). The second-order valence-corrected chi connectivity index (χ2v) is 9.78. The minimum atomic E-state index is 0.177. The summed E-state index contributed by atoms with van der Waals surface area (Å²) in [6, 6.07) is 12.2. The van der Waals surface area contributed by atoms with Crippen molar-refractivity contribution in [1.82, 2.24) is 29.7 Å². The number of nitrogens with two attached hydrogens (primary N) is 1. The molecule has 0 bridgehead atoms. The van der Waals surface area contributed by atoms with Gasteiger partial charge in [0.25, 0.3) is 0 Å². The van der Waals surface area contributed by atoms with Crippen LogP contribution in [0, 0.1) is 0 Å². The van der Waals surface area contributed by atoms with Crippen molar-refractivity contribution in [3.05, 3.63) is 53.2 Å². The summed E-state index contributed by atoms with van der Waals surface area (Å²) in [5.41, 5.74) is 8.15. The lowest BCUT2D eigenvalue weighted by molar-refractivity contribution is 0.0953. The summed E-state index contributed by atoms with van der Waals surface area (Å²) in [5, 5.41) is 15.1. The van der Waals surface area contributed by atoms with Gasteiger partial charge in [-0.05, 0) is 42.3 Å². The molecule has 11 heteroatoms. The molecule has 1 aromatic carbocycles. The monoisotopic (exact) mass is 494 g/mol. The average Bonchev–Trinajstić information content (AvgIpc) is 3.61. The second kappa shape index (κ2) is 10.5. The van der Waals surface area contributed by atoms with E-state index in [-0.39, 0.29) is 12.1 Å². The van der Waals surface area contributed by atoms with E-state index in [1.54, 1.807) is 11.3 Å². The van der Waals surface area contributed by atoms with Gasteiger partial charge in [0.2, 0.25) is 11.9 Å². The average molecular weight is 495 g/mol. The first-order valence-electron chi connectivity index (χ1n) is 11.3. The van der Waals surface area contributed by atoms with Crippen molar-refractivity contribution in [1.29, 1.82) is 0 Å². The Bertz CT molecular complexity index is 1240. The van der Waals surface area contributed by atoms with E-state index in [0.717, 1.165) is 54.0 Å². The third kappa shape index (κ3) is 5.21. The first kappa shape index (κ1) is 22.8. The lowest BCUT2D eigenvalue weighted by atomic mass is 10.1. The molecule has 34 heavy (non-hydrogen) atoms. The highest BCUT2D eigenvalue weighted by Crippen LogP contribution is 2.30. The lowest BCUT2D eigenvalue weighted by Gasteiger charge is -2.14. The number of nitrogens with zero attached hydrogens (tertiary/aromatic N) is 6. The largest absolute Gasteiger partial charge is 0.376 e. The molecule has 3 N–H and O–H groups in total. The van der Waals surface area contributed by atoms with Crippen LogP contribution in [-0.4, -0.2) is 42.4 Å². The fourth-order valence-electron chi connectivity index (χ4n) is 3.90. The number of hydrogen-bond donors (Lipinski definition) is 2. The number of thioether (sulfide) groups is 1. The molecule has 4 heterocycles. The van der Waals surface area contributed by atoms with E-state index >= 15 is 0 Å². The minimum absolute atomic E-state index is 0.177. The van der Waals surface area contributed by atoms with E-state index in [1.807, 2.05) is 29.6 Å². The number of anilines is 3. The van der Waals surface area contributed by atoms with E-state index in [0.29, 0.717) is 17.5 Å². The molecule has 1 unspecified atom stereocenters. The van der Waals surface area contributed by atoms with E-state index in [2.05, 4.69) is 54.1 Å². The quantitative estimate of drug-likeness (QED) is 0.323. The highest BCUT2D eigenvalue weighted by atomic mass is 32.2. The molecule has 1 saturated heterocycles. The predicted octanol–water partition coefficient (Wildman–Crippen LogP) is 4.55. The Labute approximate surface area is 206 Å². The lowest BCUT2D eigenvalue weighted by Crippen LogP contribution is -2.16. The van der Waals surface area contributed by atoms with E-state index < -0.39 is 0 Å². The number of thiophene rings is 1. The zero-order valence-electron chi connectivity index (χ0n) is 18.8. The summed E-state index contributed by atoms with van der Waals surface area (Å²) in [6.45, 7) is 3.65. The SMILES string of the molecule is CCc1ccccc1Nc1nc(N)nc(CSc2nnc(-c3cccs3)n2CC2CCCO2)n1. The first-order valence-corrected chi connectivity index (χ1v) is 13.1. The van der Waals surface area contributed by atoms with Gasteiger partial charge in [-0.15, -0.1) is 21.5 Å². The van der Waals surface area contributed by atoms with Gasteiger partial charge in [-0.1, -0.05) is 43.0 Å². The zero-order valence-corrected chi connectivity index (χ0v) is 20.5. The molecule has 1 atom stereocenters. The first-order chi connectivity index (χ1) is 16.7. The third-order valence-electron chi connectivity index (χ3n) is 5.54. The van der Waals surface area contributed by atoms with Gasteiger partial charge in [-0.3, -0.25) is 4.57 Å². The number of para-hydroxylation sites is 1. The van der Waals surface area contributed by atoms with E-state index in [1.165, 1.54) is 17.3 Å². The number of nitrogens with one attached hydrogen (secondary N) is 1. The number of rotatable bonds is 9. The highest BCUT2D eigenvalue weighted by molar-refractivity contribution is 7.98. The number of aromatic nitrogens is 6. The van der Waals surface area contributed by atoms with E-state index in [9.17, 15) is 0 Å². The van der Waals surface area contributed by atoms with Crippen molar-refractivity contribution >= 4 is 40.7 Å². The zero-order chi connectivity index (χ0) is 23.3. The molecule has 0 aliphatic carbocycles. The normalized spacial score (nSPS) is 15.6. The molecule has 1 aliphatic heterocycles. The molecule has 0 radical (unpaired) electrons. The van der Waals surface area contributed by atoms with Crippen LogP contribution in [0.2, 0.25) is 0 Å². The molecule has 176 valence electrons. The maximum atomic E-state index is 6.00. The maximum Gasteiger partial charge on any atom is 0.232 e. The van der Waals surface area contributed by atoms with Gasteiger partial charge in [0, 0.05) is 12.3 Å². The van der Waals surface area contributed by atoms with Crippen LogP contribution < -0.4 is 11.1 Å². The Morgan fingerprint density at radius 1 is 1.18 bits per heavy atom. The van der Waals surface area contributed by atoms with Crippen LogP contribution in [0.3, 0.4) is 0 Å². The highest BCUT2D eigenvalue weighted by Gasteiger charge is 2.22. The van der Waals surface area contributed by atoms with Gasteiger partial charge in [-0.25, -0.2) is 0 Å². The molecular formula is C23H26N8OS2. The van der Waals surface area contributed by atoms with Gasteiger partial charge in [-0.2, -0.15) is 15.0 Å². The molecule has 1 aliphatic rings.